The molecule has 2 aliphatic heterocycles. The maximum absolute atomic E-state index is 12.2. The molecule has 0 radical (unpaired) electrons. The van der Waals surface area contributed by atoms with Crippen molar-refractivity contribution < 1.29 is 13.2 Å². The monoisotopic (exact) mass is 290 g/mol. The van der Waals surface area contributed by atoms with E-state index in [0.717, 1.165) is 12.8 Å². The van der Waals surface area contributed by atoms with Gasteiger partial charge in [-0.25, -0.2) is 8.42 Å². The molecular weight excluding hydrogens is 272 g/mol. The Hall–Kier alpha value is -0.690. The van der Waals surface area contributed by atoms with Crippen molar-refractivity contribution in [2.45, 2.75) is 19.3 Å². The lowest BCUT2D eigenvalue weighted by molar-refractivity contribution is -0.135. The zero-order chi connectivity index (χ0) is 13.3. The largest absolute Gasteiger partial charge is 0.393 e. The Morgan fingerprint density at radius 1 is 1.17 bits per heavy atom. The van der Waals surface area contributed by atoms with Gasteiger partial charge in [-0.15, -0.1) is 0 Å². The summed E-state index contributed by atoms with van der Waals surface area (Å²) < 4.78 is 22.7. The average molecular weight is 290 g/mol. The minimum atomic E-state index is -2.99. The van der Waals surface area contributed by atoms with Crippen molar-refractivity contribution in [3.63, 3.8) is 0 Å². The Bertz CT molecular complexity index is 453. The van der Waals surface area contributed by atoms with Crippen LogP contribution in [-0.4, -0.2) is 48.8 Å². The third-order valence-corrected chi connectivity index (χ3v) is 5.89. The summed E-state index contributed by atoms with van der Waals surface area (Å²) in [6.07, 6.45) is 2.05. The number of carbonyl (C=O) groups excluding carboxylic acids is 1. The fourth-order valence-corrected chi connectivity index (χ4v) is 4.60. The number of nitrogens with two attached hydrogens (primary N) is 1. The van der Waals surface area contributed by atoms with E-state index in [1.54, 1.807) is 4.90 Å². The molecule has 0 bridgehead atoms. The molecule has 2 aliphatic rings. The van der Waals surface area contributed by atoms with Crippen molar-refractivity contribution in [3.8, 4) is 0 Å². The molecule has 2 heterocycles. The van der Waals surface area contributed by atoms with Crippen LogP contribution in [0.4, 0.5) is 0 Å². The minimum absolute atomic E-state index is 0.0149. The lowest BCUT2D eigenvalue weighted by atomic mass is 9.95. The van der Waals surface area contributed by atoms with Gasteiger partial charge in [0.25, 0.3) is 0 Å². The van der Waals surface area contributed by atoms with E-state index in [9.17, 15) is 13.2 Å². The molecule has 0 aromatic carbocycles. The second kappa shape index (κ2) is 5.13. The molecule has 0 aromatic rings. The summed E-state index contributed by atoms with van der Waals surface area (Å²) >= 11 is 4.95. The van der Waals surface area contributed by atoms with Crippen molar-refractivity contribution in [2.75, 3.05) is 24.6 Å². The molecule has 2 saturated heterocycles. The SMILES string of the molecule is NC(=S)C1CCN(C(=O)C2CCS(=O)(=O)C2)CC1. The van der Waals surface area contributed by atoms with E-state index >= 15 is 0 Å². The Morgan fingerprint density at radius 2 is 1.78 bits per heavy atom. The number of hydrogen-bond donors (Lipinski definition) is 1. The summed E-state index contributed by atoms with van der Waals surface area (Å²) in [6, 6.07) is 0. The van der Waals surface area contributed by atoms with E-state index < -0.39 is 9.84 Å². The summed E-state index contributed by atoms with van der Waals surface area (Å²) in [5.41, 5.74) is 5.60. The first-order valence-corrected chi connectivity index (χ1v) is 8.40. The molecule has 0 saturated carbocycles. The Labute approximate surface area is 113 Å². The van der Waals surface area contributed by atoms with Gasteiger partial charge in [0.1, 0.15) is 0 Å². The van der Waals surface area contributed by atoms with Crippen LogP contribution < -0.4 is 5.73 Å². The lowest BCUT2D eigenvalue weighted by Gasteiger charge is -2.32. The number of piperidine rings is 1. The molecule has 0 aliphatic carbocycles. The van der Waals surface area contributed by atoms with Gasteiger partial charge in [0.05, 0.1) is 22.4 Å². The molecule has 18 heavy (non-hydrogen) atoms. The number of carbonyl (C=O) groups is 1. The van der Waals surface area contributed by atoms with E-state index in [4.69, 9.17) is 18.0 Å². The lowest BCUT2D eigenvalue weighted by Crippen LogP contribution is -2.44. The fourth-order valence-electron chi connectivity index (χ4n) is 2.63. The van der Waals surface area contributed by atoms with E-state index in [0.29, 0.717) is 24.5 Å². The van der Waals surface area contributed by atoms with E-state index in [-0.39, 0.29) is 29.2 Å². The van der Waals surface area contributed by atoms with Gasteiger partial charge in [0.15, 0.2) is 9.84 Å². The van der Waals surface area contributed by atoms with Crippen LogP contribution in [0.1, 0.15) is 19.3 Å². The normalized spacial score (nSPS) is 28.2. The summed E-state index contributed by atoms with van der Waals surface area (Å²) in [7, 11) is -2.99. The molecule has 5 nitrogen and oxygen atoms in total. The predicted molar refractivity (Wildman–Crippen MR) is 72.9 cm³/mol. The zero-order valence-corrected chi connectivity index (χ0v) is 11.8. The highest BCUT2D eigenvalue weighted by atomic mass is 32.2. The highest BCUT2D eigenvalue weighted by molar-refractivity contribution is 7.91. The van der Waals surface area contributed by atoms with Crippen LogP contribution in [0.3, 0.4) is 0 Å². The summed E-state index contributed by atoms with van der Waals surface area (Å²) in [4.78, 5) is 14.4. The summed E-state index contributed by atoms with van der Waals surface area (Å²) in [6.45, 7) is 1.27. The minimum Gasteiger partial charge on any atom is -0.393 e. The third-order valence-electron chi connectivity index (χ3n) is 3.79. The molecule has 1 amide bonds. The van der Waals surface area contributed by atoms with E-state index in [1.165, 1.54) is 0 Å². The molecule has 0 aromatic heterocycles. The maximum atomic E-state index is 12.2. The Balaban J connectivity index is 1.90. The van der Waals surface area contributed by atoms with Gasteiger partial charge in [-0.1, -0.05) is 12.2 Å². The summed E-state index contributed by atoms with van der Waals surface area (Å²) in [5.74, 6) is 0.0265. The van der Waals surface area contributed by atoms with Crippen molar-refractivity contribution in [2.24, 2.45) is 17.6 Å². The Kier molecular flexibility index (Phi) is 3.91. The zero-order valence-electron chi connectivity index (χ0n) is 10.2. The molecule has 2 N–H and O–H groups in total. The molecule has 2 fully saturated rings. The smallest absolute Gasteiger partial charge is 0.226 e. The number of hydrogen-bond acceptors (Lipinski definition) is 4. The second-order valence-electron chi connectivity index (χ2n) is 5.10. The molecule has 7 heteroatoms. The number of rotatable bonds is 2. The fraction of sp³-hybridized carbons (Fsp3) is 0.818. The van der Waals surface area contributed by atoms with Crippen LogP contribution in [0.2, 0.25) is 0 Å². The molecule has 102 valence electrons. The molecular formula is C11H18N2O3S2. The van der Waals surface area contributed by atoms with Crippen LogP contribution in [0.5, 0.6) is 0 Å². The molecule has 1 atom stereocenters. The van der Waals surface area contributed by atoms with E-state index in [2.05, 4.69) is 0 Å². The highest BCUT2D eigenvalue weighted by Crippen LogP contribution is 2.24. The van der Waals surface area contributed by atoms with Crippen LogP contribution in [-0.2, 0) is 14.6 Å². The van der Waals surface area contributed by atoms with Crippen LogP contribution in [0.25, 0.3) is 0 Å². The number of sulfone groups is 1. The van der Waals surface area contributed by atoms with E-state index in [1.807, 2.05) is 0 Å². The van der Waals surface area contributed by atoms with Crippen molar-refractivity contribution in [1.82, 2.24) is 4.90 Å². The number of likely N-dealkylation sites (tertiary alicyclic amines) is 1. The third kappa shape index (κ3) is 3.00. The van der Waals surface area contributed by atoms with Gasteiger partial charge in [-0.3, -0.25) is 4.79 Å². The standard InChI is InChI=1S/C11H18N2O3S2/c12-10(17)8-1-4-13(5-2-8)11(14)9-3-6-18(15,16)7-9/h8-9H,1-7H2,(H2,12,17). The van der Waals surface area contributed by atoms with Crippen molar-refractivity contribution >= 4 is 33.0 Å². The first-order chi connectivity index (χ1) is 8.39. The topological polar surface area (TPSA) is 80.5 Å². The van der Waals surface area contributed by atoms with Gasteiger partial charge < -0.3 is 10.6 Å². The van der Waals surface area contributed by atoms with Crippen LogP contribution >= 0.6 is 12.2 Å². The second-order valence-corrected chi connectivity index (χ2v) is 7.80. The highest BCUT2D eigenvalue weighted by Gasteiger charge is 2.36. The van der Waals surface area contributed by atoms with Crippen molar-refractivity contribution in [1.29, 1.82) is 0 Å². The predicted octanol–water partition coefficient (Wildman–Crippen LogP) is -0.0542. The first-order valence-electron chi connectivity index (χ1n) is 6.17. The van der Waals surface area contributed by atoms with Crippen molar-refractivity contribution in [3.05, 3.63) is 0 Å². The van der Waals surface area contributed by atoms with Gasteiger partial charge in [0, 0.05) is 19.0 Å². The average Bonchev–Trinajstić information content (AvgIpc) is 2.69. The molecule has 0 spiro atoms. The van der Waals surface area contributed by atoms with Gasteiger partial charge in [-0.2, -0.15) is 0 Å². The molecule has 1 unspecified atom stereocenters. The molecule has 2 rings (SSSR count). The van der Waals surface area contributed by atoms with Gasteiger partial charge >= 0.3 is 0 Å². The summed E-state index contributed by atoms with van der Waals surface area (Å²) in [5, 5.41) is 0. The number of nitrogens with zero attached hydrogens (tertiary/aromatic N) is 1. The first kappa shape index (κ1) is 13.7. The number of thiocarbonyl (C=S) groups is 1. The maximum Gasteiger partial charge on any atom is 0.226 e. The van der Waals surface area contributed by atoms with Crippen LogP contribution in [0.15, 0.2) is 0 Å². The Morgan fingerprint density at radius 3 is 2.22 bits per heavy atom. The quantitative estimate of drug-likeness (QED) is 0.721. The van der Waals surface area contributed by atoms with Gasteiger partial charge in [0.2, 0.25) is 5.91 Å². The van der Waals surface area contributed by atoms with Crippen LogP contribution in [0, 0.1) is 11.8 Å². The number of amides is 1. The van der Waals surface area contributed by atoms with Gasteiger partial charge in [-0.05, 0) is 19.3 Å².